The van der Waals surface area contributed by atoms with E-state index in [2.05, 4.69) is 25.6 Å². The van der Waals surface area contributed by atoms with Gasteiger partial charge < -0.3 is 10.6 Å². The van der Waals surface area contributed by atoms with Crippen molar-refractivity contribution in [1.82, 2.24) is 15.0 Å². The normalized spacial score (nSPS) is 10.3. The second-order valence-corrected chi connectivity index (χ2v) is 5.77. The zero-order valence-electron chi connectivity index (χ0n) is 14.2. The molecule has 0 spiro atoms. The quantitative estimate of drug-likeness (QED) is 0.748. The zero-order valence-corrected chi connectivity index (χ0v) is 14.2. The number of nitrogens with one attached hydrogen (secondary N) is 2. The zero-order chi connectivity index (χ0) is 17.6. The molecule has 6 nitrogen and oxygen atoms in total. The van der Waals surface area contributed by atoms with Crippen LogP contribution in [0.4, 0.5) is 11.5 Å². The van der Waals surface area contributed by atoms with Crippen LogP contribution in [0.3, 0.4) is 0 Å². The van der Waals surface area contributed by atoms with E-state index >= 15 is 0 Å². The van der Waals surface area contributed by atoms with Crippen LogP contribution >= 0.6 is 0 Å². The van der Waals surface area contributed by atoms with E-state index in [1.807, 2.05) is 44.2 Å². The number of amides is 1. The van der Waals surface area contributed by atoms with Crippen molar-refractivity contribution in [2.24, 2.45) is 0 Å². The van der Waals surface area contributed by atoms with E-state index in [9.17, 15) is 4.79 Å². The van der Waals surface area contributed by atoms with Crippen LogP contribution in [-0.4, -0.2) is 20.9 Å². The third-order valence-electron chi connectivity index (χ3n) is 3.72. The Morgan fingerprint density at radius 3 is 2.68 bits per heavy atom. The van der Waals surface area contributed by atoms with Crippen LogP contribution in [0.5, 0.6) is 0 Å². The highest BCUT2D eigenvalue weighted by Crippen LogP contribution is 2.17. The van der Waals surface area contributed by atoms with Gasteiger partial charge in [0.05, 0.1) is 12.4 Å². The van der Waals surface area contributed by atoms with Crippen molar-refractivity contribution in [1.29, 1.82) is 0 Å². The molecule has 2 aromatic heterocycles. The fourth-order valence-electron chi connectivity index (χ4n) is 2.29. The average molecular weight is 333 g/mol. The molecule has 25 heavy (non-hydrogen) atoms. The van der Waals surface area contributed by atoms with E-state index < -0.39 is 0 Å². The molecule has 3 rings (SSSR count). The van der Waals surface area contributed by atoms with Gasteiger partial charge in [0.2, 0.25) is 0 Å². The van der Waals surface area contributed by atoms with Gasteiger partial charge in [-0.1, -0.05) is 18.2 Å². The maximum atomic E-state index is 12.3. The highest BCUT2D eigenvalue weighted by molar-refractivity contribution is 6.03. The van der Waals surface area contributed by atoms with Crippen LogP contribution in [0.1, 0.15) is 27.2 Å². The minimum Gasteiger partial charge on any atom is -0.365 e. The Balaban J connectivity index is 1.63. The summed E-state index contributed by atoms with van der Waals surface area (Å²) in [7, 11) is 0. The molecule has 2 N–H and O–H groups in total. The minimum atomic E-state index is -0.278. The minimum absolute atomic E-state index is 0.271. The van der Waals surface area contributed by atoms with Crippen LogP contribution in [0, 0.1) is 13.8 Å². The first-order chi connectivity index (χ1) is 12.1. The molecule has 0 saturated heterocycles. The predicted molar refractivity (Wildman–Crippen MR) is 97.5 cm³/mol. The van der Waals surface area contributed by atoms with Gasteiger partial charge in [0.25, 0.3) is 5.91 Å². The molecule has 126 valence electrons. The second kappa shape index (κ2) is 7.53. The van der Waals surface area contributed by atoms with Gasteiger partial charge in [-0.15, -0.1) is 0 Å². The molecular formula is C19H19N5O. The molecule has 0 unspecified atom stereocenters. The van der Waals surface area contributed by atoms with Gasteiger partial charge in [-0.2, -0.15) is 0 Å². The number of anilines is 2. The molecule has 1 aromatic carbocycles. The largest absolute Gasteiger partial charge is 0.365 e. The Morgan fingerprint density at radius 2 is 1.96 bits per heavy atom. The Morgan fingerprint density at radius 1 is 1.08 bits per heavy atom. The number of rotatable bonds is 5. The summed E-state index contributed by atoms with van der Waals surface area (Å²) in [6, 6.07) is 9.77. The molecule has 0 bridgehead atoms. The van der Waals surface area contributed by atoms with E-state index in [0.29, 0.717) is 12.4 Å². The lowest BCUT2D eigenvalue weighted by Crippen LogP contribution is -2.15. The molecule has 0 aliphatic carbocycles. The van der Waals surface area contributed by atoms with Gasteiger partial charge in [-0.05, 0) is 42.7 Å². The van der Waals surface area contributed by atoms with Crippen molar-refractivity contribution in [2.75, 3.05) is 10.6 Å². The third kappa shape index (κ3) is 4.38. The topological polar surface area (TPSA) is 79.8 Å². The van der Waals surface area contributed by atoms with E-state index in [-0.39, 0.29) is 11.6 Å². The maximum Gasteiger partial charge on any atom is 0.275 e. The first-order valence-electron chi connectivity index (χ1n) is 7.95. The first-order valence-corrected chi connectivity index (χ1v) is 7.95. The van der Waals surface area contributed by atoms with E-state index in [1.54, 1.807) is 18.6 Å². The molecule has 0 fully saturated rings. The van der Waals surface area contributed by atoms with E-state index in [1.165, 1.54) is 6.20 Å². The molecule has 1 amide bonds. The summed E-state index contributed by atoms with van der Waals surface area (Å²) in [6.45, 7) is 4.53. The Bertz CT molecular complexity index is 863. The van der Waals surface area contributed by atoms with Crippen LogP contribution in [0.15, 0.2) is 55.1 Å². The number of aryl methyl sites for hydroxylation is 2. The number of nitrogens with zero attached hydrogens (tertiary/aromatic N) is 3. The highest BCUT2D eigenvalue weighted by Gasteiger charge is 2.10. The lowest BCUT2D eigenvalue weighted by Gasteiger charge is -2.09. The first kappa shape index (κ1) is 16.6. The van der Waals surface area contributed by atoms with Gasteiger partial charge in [-0.25, -0.2) is 9.97 Å². The second-order valence-electron chi connectivity index (χ2n) is 5.77. The van der Waals surface area contributed by atoms with Crippen molar-refractivity contribution >= 4 is 17.4 Å². The summed E-state index contributed by atoms with van der Waals surface area (Å²) in [6.07, 6.45) is 6.53. The molecule has 6 heteroatoms. The number of hydrogen-bond acceptors (Lipinski definition) is 5. The number of benzene rings is 1. The van der Waals surface area contributed by atoms with Crippen molar-refractivity contribution in [3.8, 4) is 0 Å². The van der Waals surface area contributed by atoms with Gasteiger partial charge in [0.15, 0.2) is 0 Å². The number of carbonyl (C=O) groups excluding carboxylic acids is 1. The number of aromatic nitrogens is 3. The molecule has 0 aliphatic rings. The lowest BCUT2D eigenvalue weighted by atomic mass is 10.1. The molecule has 2 heterocycles. The summed E-state index contributed by atoms with van der Waals surface area (Å²) in [5.41, 5.74) is 4.18. The molecular weight excluding hydrogens is 314 g/mol. The Hall–Kier alpha value is -3.28. The number of pyridine rings is 1. The van der Waals surface area contributed by atoms with Crippen LogP contribution in [0.2, 0.25) is 0 Å². The summed E-state index contributed by atoms with van der Waals surface area (Å²) >= 11 is 0. The smallest absolute Gasteiger partial charge is 0.275 e. The number of carbonyl (C=O) groups is 1. The van der Waals surface area contributed by atoms with Gasteiger partial charge in [0, 0.05) is 24.6 Å². The Kier molecular flexibility index (Phi) is 4.99. The summed E-state index contributed by atoms with van der Waals surface area (Å²) in [4.78, 5) is 24.8. The van der Waals surface area contributed by atoms with Crippen LogP contribution in [0.25, 0.3) is 0 Å². The molecule has 0 atom stereocenters. The summed E-state index contributed by atoms with van der Waals surface area (Å²) < 4.78 is 0. The molecule has 3 aromatic rings. The molecule has 0 radical (unpaired) electrons. The molecule has 0 aliphatic heterocycles. The van der Waals surface area contributed by atoms with Gasteiger partial charge in [0.1, 0.15) is 11.5 Å². The standard InChI is InChI=1S/C19H19N5O/c1-13-5-6-14(2)16(8-13)24-19(25)17-11-23-18(12-21-17)22-10-15-4-3-7-20-9-15/h3-9,11-12H,10H2,1-2H3,(H,22,23)(H,24,25). The predicted octanol–water partition coefficient (Wildman–Crippen LogP) is 3.35. The van der Waals surface area contributed by atoms with E-state index in [0.717, 1.165) is 22.4 Å². The van der Waals surface area contributed by atoms with Crippen molar-refractivity contribution in [3.05, 3.63) is 77.5 Å². The van der Waals surface area contributed by atoms with Gasteiger partial charge in [-0.3, -0.25) is 9.78 Å². The molecule has 0 saturated carbocycles. The van der Waals surface area contributed by atoms with Crippen molar-refractivity contribution in [3.63, 3.8) is 0 Å². The van der Waals surface area contributed by atoms with Gasteiger partial charge >= 0.3 is 0 Å². The fraction of sp³-hybridized carbons (Fsp3) is 0.158. The maximum absolute atomic E-state index is 12.3. The van der Waals surface area contributed by atoms with Crippen molar-refractivity contribution in [2.45, 2.75) is 20.4 Å². The van der Waals surface area contributed by atoms with Crippen LogP contribution in [-0.2, 0) is 6.54 Å². The summed E-state index contributed by atoms with van der Waals surface area (Å²) in [5, 5.41) is 6.02. The van der Waals surface area contributed by atoms with Crippen LogP contribution < -0.4 is 10.6 Å². The monoisotopic (exact) mass is 333 g/mol. The Labute approximate surface area is 146 Å². The summed E-state index contributed by atoms with van der Waals surface area (Å²) in [5.74, 6) is 0.326. The van der Waals surface area contributed by atoms with E-state index in [4.69, 9.17) is 0 Å². The third-order valence-corrected chi connectivity index (χ3v) is 3.72. The number of hydrogen-bond donors (Lipinski definition) is 2. The lowest BCUT2D eigenvalue weighted by molar-refractivity contribution is 0.102. The SMILES string of the molecule is Cc1ccc(C)c(NC(=O)c2cnc(NCc3cccnc3)cn2)c1. The van der Waals surface area contributed by atoms with Crippen molar-refractivity contribution < 1.29 is 4.79 Å². The highest BCUT2D eigenvalue weighted by atomic mass is 16.1. The average Bonchev–Trinajstić information content (AvgIpc) is 2.64. The fourth-order valence-corrected chi connectivity index (χ4v) is 2.29.